The number of anilines is 2. The molecule has 150 valence electrons. The number of rotatable bonds is 5. The summed E-state index contributed by atoms with van der Waals surface area (Å²) in [4.78, 5) is 35.5. The van der Waals surface area contributed by atoms with E-state index >= 15 is 0 Å². The van der Waals surface area contributed by atoms with Crippen LogP contribution in [0.1, 0.15) is 18.9 Å². The molecule has 0 spiro atoms. The molecule has 1 fully saturated rings. The topological polar surface area (TPSA) is 87.7 Å². The molecule has 1 saturated heterocycles. The van der Waals surface area contributed by atoms with Crippen molar-refractivity contribution in [3.8, 4) is 0 Å². The lowest BCUT2D eigenvalue weighted by Crippen LogP contribution is -2.33. The molecule has 0 saturated carbocycles. The maximum atomic E-state index is 12.1. The zero-order chi connectivity index (χ0) is 20.2. The second-order valence-electron chi connectivity index (χ2n) is 7.07. The third kappa shape index (κ3) is 4.37. The van der Waals surface area contributed by atoms with Gasteiger partial charge in [-0.3, -0.25) is 9.69 Å². The van der Waals surface area contributed by atoms with Crippen LogP contribution in [0, 0.1) is 0 Å². The maximum absolute atomic E-state index is 12.1. The highest BCUT2D eigenvalue weighted by Crippen LogP contribution is 2.27. The van der Waals surface area contributed by atoms with Gasteiger partial charge < -0.3 is 15.0 Å². The van der Waals surface area contributed by atoms with Crippen LogP contribution in [0.25, 0.3) is 5.57 Å². The molecule has 1 aromatic heterocycles. The molecule has 8 nitrogen and oxygen atoms in total. The first-order valence-corrected chi connectivity index (χ1v) is 9.64. The highest BCUT2D eigenvalue weighted by Gasteiger charge is 2.32. The SMILES string of the molecule is CC(=O)NC[C@H]1CN(c2ccc(C3=CCN(c4ncccn4)CC3)cc2)C(=O)O1. The van der Waals surface area contributed by atoms with E-state index in [1.165, 1.54) is 12.5 Å². The van der Waals surface area contributed by atoms with Crippen molar-refractivity contribution < 1.29 is 14.3 Å². The summed E-state index contributed by atoms with van der Waals surface area (Å²) in [5, 5.41) is 2.68. The zero-order valence-electron chi connectivity index (χ0n) is 16.2. The van der Waals surface area contributed by atoms with E-state index in [4.69, 9.17) is 4.74 Å². The van der Waals surface area contributed by atoms with Gasteiger partial charge in [-0.15, -0.1) is 0 Å². The van der Waals surface area contributed by atoms with Gasteiger partial charge in [0.15, 0.2) is 0 Å². The average molecular weight is 393 g/mol. The lowest BCUT2D eigenvalue weighted by atomic mass is 9.99. The van der Waals surface area contributed by atoms with Crippen LogP contribution in [0.5, 0.6) is 0 Å². The van der Waals surface area contributed by atoms with Gasteiger partial charge in [0.1, 0.15) is 6.10 Å². The summed E-state index contributed by atoms with van der Waals surface area (Å²) in [7, 11) is 0. The smallest absolute Gasteiger partial charge is 0.414 e. The molecule has 0 aliphatic carbocycles. The van der Waals surface area contributed by atoms with Crippen LogP contribution in [0.15, 0.2) is 48.8 Å². The Morgan fingerprint density at radius 1 is 1.24 bits per heavy atom. The fourth-order valence-electron chi connectivity index (χ4n) is 3.52. The van der Waals surface area contributed by atoms with Gasteiger partial charge in [0.2, 0.25) is 11.9 Å². The second kappa shape index (κ2) is 8.30. The van der Waals surface area contributed by atoms with Crippen LogP contribution in [0.4, 0.5) is 16.4 Å². The second-order valence-corrected chi connectivity index (χ2v) is 7.07. The Labute approximate surface area is 169 Å². The van der Waals surface area contributed by atoms with Crippen molar-refractivity contribution in [2.75, 3.05) is 36.0 Å². The minimum Gasteiger partial charge on any atom is -0.442 e. The Morgan fingerprint density at radius 3 is 2.66 bits per heavy atom. The van der Waals surface area contributed by atoms with Gasteiger partial charge >= 0.3 is 6.09 Å². The number of hydrogen-bond donors (Lipinski definition) is 1. The third-order valence-electron chi connectivity index (χ3n) is 5.05. The van der Waals surface area contributed by atoms with E-state index in [2.05, 4.69) is 26.3 Å². The zero-order valence-corrected chi connectivity index (χ0v) is 16.2. The van der Waals surface area contributed by atoms with Gasteiger partial charge in [0.05, 0.1) is 13.1 Å². The highest BCUT2D eigenvalue weighted by molar-refractivity contribution is 5.90. The van der Waals surface area contributed by atoms with E-state index in [9.17, 15) is 9.59 Å². The van der Waals surface area contributed by atoms with E-state index in [-0.39, 0.29) is 18.1 Å². The molecule has 2 amide bonds. The van der Waals surface area contributed by atoms with Crippen LogP contribution in [0.3, 0.4) is 0 Å². The van der Waals surface area contributed by atoms with E-state index in [0.29, 0.717) is 13.1 Å². The number of benzene rings is 1. The molecule has 8 heteroatoms. The standard InChI is InChI=1S/C21H23N5O3/c1-15(27)24-13-19-14-26(21(28)29-19)18-5-3-16(4-6-18)17-7-11-25(12-8-17)20-22-9-2-10-23-20/h2-7,9-10,19H,8,11-14H2,1H3,(H,24,27)/t19-/m0/s1. The number of hydrogen-bond acceptors (Lipinski definition) is 6. The van der Waals surface area contributed by atoms with Crippen LogP contribution >= 0.6 is 0 Å². The van der Waals surface area contributed by atoms with Crippen molar-refractivity contribution in [3.05, 3.63) is 54.4 Å². The van der Waals surface area contributed by atoms with Gasteiger partial charge in [0, 0.05) is 38.1 Å². The summed E-state index contributed by atoms with van der Waals surface area (Å²) in [6, 6.07) is 9.75. The first kappa shape index (κ1) is 18.9. The molecular weight excluding hydrogens is 370 g/mol. The summed E-state index contributed by atoms with van der Waals surface area (Å²) >= 11 is 0. The lowest BCUT2D eigenvalue weighted by molar-refractivity contribution is -0.119. The molecule has 0 bridgehead atoms. The monoisotopic (exact) mass is 393 g/mol. The lowest BCUT2D eigenvalue weighted by Gasteiger charge is -2.26. The van der Waals surface area contributed by atoms with E-state index in [0.717, 1.165) is 36.7 Å². The van der Waals surface area contributed by atoms with Crippen LogP contribution in [-0.4, -0.2) is 54.3 Å². The van der Waals surface area contributed by atoms with Crippen LogP contribution < -0.4 is 15.1 Å². The fraction of sp³-hybridized carbons (Fsp3) is 0.333. The number of cyclic esters (lactones) is 1. The molecule has 2 aliphatic heterocycles. The molecule has 1 aromatic carbocycles. The summed E-state index contributed by atoms with van der Waals surface area (Å²) in [6.45, 7) is 3.82. The summed E-state index contributed by atoms with van der Waals surface area (Å²) in [6.07, 6.45) is 5.89. The Morgan fingerprint density at radius 2 is 2.00 bits per heavy atom. The Kier molecular flexibility index (Phi) is 5.41. The molecule has 2 aliphatic rings. The van der Waals surface area contributed by atoms with Gasteiger partial charge in [-0.1, -0.05) is 18.2 Å². The van der Waals surface area contributed by atoms with Gasteiger partial charge in [-0.05, 0) is 35.8 Å². The molecule has 3 heterocycles. The first-order valence-electron chi connectivity index (χ1n) is 9.64. The van der Waals surface area contributed by atoms with Crippen molar-refractivity contribution in [1.29, 1.82) is 0 Å². The number of carbonyl (C=O) groups is 2. The fourth-order valence-corrected chi connectivity index (χ4v) is 3.52. The number of amides is 2. The number of ether oxygens (including phenoxy) is 1. The minimum atomic E-state index is -0.386. The Balaban J connectivity index is 1.39. The summed E-state index contributed by atoms with van der Waals surface area (Å²) in [5.74, 6) is 0.613. The van der Waals surface area contributed by atoms with Crippen LogP contribution in [-0.2, 0) is 9.53 Å². The molecule has 4 rings (SSSR count). The molecular formula is C21H23N5O3. The third-order valence-corrected chi connectivity index (χ3v) is 5.05. The molecule has 29 heavy (non-hydrogen) atoms. The molecule has 1 atom stereocenters. The number of nitrogens with zero attached hydrogens (tertiary/aromatic N) is 4. The van der Waals surface area contributed by atoms with Crippen molar-refractivity contribution in [1.82, 2.24) is 15.3 Å². The molecule has 0 unspecified atom stereocenters. The quantitative estimate of drug-likeness (QED) is 0.838. The van der Waals surface area contributed by atoms with Crippen molar-refractivity contribution in [2.45, 2.75) is 19.4 Å². The maximum Gasteiger partial charge on any atom is 0.414 e. The van der Waals surface area contributed by atoms with Gasteiger partial charge in [-0.2, -0.15) is 0 Å². The van der Waals surface area contributed by atoms with E-state index in [1.807, 2.05) is 30.3 Å². The summed E-state index contributed by atoms with van der Waals surface area (Å²) < 4.78 is 5.32. The van der Waals surface area contributed by atoms with E-state index in [1.54, 1.807) is 17.3 Å². The molecule has 0 radical (unpaired) electrons. The Bertz CT molecular complexity index is 914. The average Bonchev–Trinajstić information content (AvgIpc) is 3.14. The molecule has 1 N–H and O–H groups in total. The van der Waals surface area contributed by atoms with Gasteiger partial charge in [0.25, 0.3) is 0 Å². The predicted octanol–water partition coefficient (Wildman–Crippen LogP) is 2.23. The van der Waals surface area contributed by atoms with Crippen molar-refractivity contribution in [3.63, 3.8) is 0 Å². The Hall–Kier alpha value is -3.42. The van der Waals surface area contributed by atoms with Crippen molar-refractivity contribution in [2.24, 2.45) is 0 Å². The highest BCUT2D eigenvalue weighted by atomic mass is 16.6. The first-order chi connectivity index (χ1) is 14.1. The molecule has 2 aromatic rings. The normalized spacial score (nSPS) is 19.0. The number of carbonyl (C=O) groups excluding carboxylic acids is 2. The van der Waals surface area contributed by atoms with E-state index < -0.39 is 0 Å². The van der Waals surface area contributed by atoms with Crippen LogP contribution in [0.2, 0.25) is 0 Å². The predicted molar refractivity (Wildman–Crippen MR) is 110 cm³/mol. The minimum absolute atomic E-state index is 0.137. The number of aromatic nitrogens is 2. The van der Waals surface area contributed by atoms with Crippen molar-refractivity contribution >= 4 is 29.2 Å². The number of nitrogens with one attached hydrogen (secondary N) is 1. The van der Waals surface area contributed by atoms with Gasteiger partial charge in [-0.25, -0.2) is 14.8 Å². The largest absolute Gasteiger partial charge is 0.442 e. The summed E-state index contributed by atoms with van der Waals surface area (Å²) in [5.41, 5.74) is 3.21.